The summed E-state index contributed by atoms with van der Waals surface area (Å²) >= 11 is 0. The molecule has 124 valence electrons. The average molecular weight is 324 g/mol. The molecule has 2 aromatic heterocycles. The fraction of sp³-hybridized carbons (Fsp3) is 0.222. The van der Waals surface area contributed by atoms with Gasteiger partial charge in [0.05, 0.1) is 12.8 Å². The summed E-state index contributed by atoms with van der Waals surface area (Å²) in [4.78, 5) is 18.6. The number of carbonyl (C=O) groups is 1. The van der Waals surface area contributed by atoms with Gasteiger partial charge in [-0.15, -0.1) is 0 Å². The predicted molar refractivity (Wildman–Crippen MR) is 90.2 cm³/mol. The first-order valence-electron chi connectivity index (χ1n) is 7.71. The number of hydrogen-bond acceptors (Lipinski definition) is 3. The SMILES string of the molecule is CN(Cc1ccco1)C(=O)NC(c1ccccc1)c1nccn1C. The quantitative estimate of drug-likeness (QED) is 0.785. The molecule has 2 heterocycles. The molecule has 0 aliphatic carbocycles. The molecule has 0 fully saturated rings. The number of benzene rings is 1. The molecular formula is C18H20N4O2. The van der Waals surface area contributed by atoms with Crippen molar-refractivity contribution in [1.29, 1.82) is 0 Å². The number of furan rings is 1. The summed E-state index contributed by atoms with van der Waals surface area (Å²) in [6, 6.07) is 12.9. The van der Waals surface area contributed by atoms with E-state index in [1.165, 1.54) is 0 Å². The van der Waals surface area contributed by atoms with Crippen LogP contribution in [0.3, 0.4) is 0 Å². The minimum atomic E-state index is -0.322. The molecule has 6 heteroatoms. The van der Waals surface area contributed by atoms with Gasteiger partial charge in [0.15, 0.2) is 0 Å². The summed E-state index contributed by atoms with van der Waals surface area (Å²) in [6.07, 6.45) is 5.19. The van der Waals surface area contributed by atoms with E-state index in [2.05, 4.69) is 10.3 Å². The van der Waals surface area contributed by atoms with Gasteiger partial charge in [0.2, 0.25) is 0 Å². The summed E-state index contributed by atoms with van der Waals surface area (Å²) < 4.78 is 7.20. The zero-order valence-corrected chi connectivity index (χ0v) is 13.7. The van der Waals surface area contributed by atoms with Crippen molar-refractivity contribution in [3.63, 3.8) is 0 Å². The molecule has 0 spiro atoms. The first-order valence-corrected chi connectivity index (χ1v) is 7.71. The van der Waals surface area contributed by atoms with Crippen LogP contribution in [-0.2, 0) is 13.6 Å². The van der Waals surface area contributed by atoms with Crippen molar-refractivity contribution >= 4 is 6.03 Å². The third-order valence-electron chi connectivity index (χ3n) is 3.84. The Morgan fingerprint density at radius 3 is 2.71 bits per heavy atom. The number of aryl methyl sites for hydroxylation is 1. The van der Waals surface area contributed by atoms with Gasteiger partial charge in [0.25, 0.3) is 0 Å². The van der Waals surface area contributed by atoms with Crippen molar-refractivity contribution < 1.29 is 9.21 Å². The number of rotatable bonds is 5. The predicted octanol–water partition coefficient (Wildman–Crippen LogP) is 2.94. The molecule has 0 bridgehead atoms. The molecule has 0 aliphatic rings. The topological polar surface area (TPSA) is 63.3 Å². The number of hydrogen-bond donors (Lipinski definition) is 1. The molecular weight excluding hydrogens is 304 g/mol. The van der Waals surface area contributed by atoms with Crippen molar-refractivity contribution in [3.8, 4) is 0 Å². The van der Waals surface area contributed by atoms with Crippen LogP contribution in [0.25, 0.3) is 0 Å². The van der Waals surface area contributed by atoms with E-state index in [4.69, 9.17) is 4.42 Å². The van der Waals surface area contributed by atoms with E-state index >= 15 is 0 Å². The minimum Gasteiger partial charge on any atom is -0.467 e. The van der Waals surface area contributed by atoms with Crippen molar-refractivity contribution in [2.75, 3.05) is 7.05 Å². The van der Waals surface area contributed by atoms with Gasteiger partial charge in [-0.2, -0.15) is 0 Å². The summed E-state index contributed by atoms with van der Waals surface area (Å²) in [5, 5.41) is 3.05. The first-order chi connectivity index (χ1) is 11.6. The summed E-state index contributed by atoms with van der Waals surface area (Å²) in [5.41, 5.74) is 0.978. The van der Waals surface area contributed by atoms with Crippen LogP contribution >= 0.6 is 0 Å². The first kappa shape index (κ1) is 15.9. The molecule has 0 saturated carbocycles. The third-order valence-corrected chi connectivity index (χ3v) is 3.84. The van der Waals surface area contributed by atoms with Crippen molar-refractivity contribution in [1.82, 2.24) is 19.8 Å². The number of nitrogens with zero attached hydrogens (tertiary/aromatic N) is 3. The lowest BCUT2D eigenvalue weighted by molar-refractivity contribution is 0.200. The van der Waals surface area contributed by atoms with Gasteiger partial charge in [0, 0.05) is 26.5 Å². The molecule has 0 radical (unpaired) electrons. The monoisotopic (exact) mass is 324 g/mol. The molecule has 1 aromatic carbocycles. The van der Waals surface area contributed by atoms with Crippen LogP contribution in [0.15, 0.2) is 65.5 Å². The summed E-state index contributed by atoms with van der Waals surface area (Å²) in [7, 11) is 3.65. The Kier molecular flexibility index (Phi) is 4.65. The van der Waals surface area contributed by atoms with Gasteiger partial charge >= 0.3 is 6.03 Å². The van der Waals surface area contributed by atoms with Gasteiger partial charge in [0.1, 0.15) is 17.6 Å². The van der Waals surface area contributed by atoms with Gasteiger partial charge in [-0.25, -0.2) is 9.78 Å². The number of nitrogens with one attached hydrogen (secondary N) is 1. The molecule has 0 saturated heterocycles. The molecule has 3 aromatic rings. The van der Waals surface area contributed by atoms with Crippen molar-refractivity contribution in [3.05, 3.63) is 78.3 Å². The highest BCUT2D eigenvalue weighted by atomic mass is 16.3. The second-order valence-corrected chi connectivity index (χ2v) is 5.62. The maximum Gasteiger partial charge on any atom is 0.318 e. The second kappa shape index (κ2) is 7.04. The maximum atomic E-state index is 12.6. The smallest absolute Gasteiger partial charge is 0.318 e. The highest BCUT2D eigenvalue weighted by molar-refractivity contribution is 5.74. The molecule has 6 nitrogen and oxygen atoms in total. The highest BCUT2D eigenvalue weighted by Crippen LogP contribution is 2.20. The Labute approximate surface area is 140 Å². The van der Waals surface area contributed by atoms with Crippen LogP contribution < -0.4 is 5.32 Å². The lowest BCUT2D eigenvalue weighted by Gasteiger charge is -2.23. The lowest BCUT2D eigenvalue weighted by atomic mass is 10.1. The molecule has 1 atom stereocenters. The molecule has 1 N–H and O–H groups in total. The van der Waals surface area contributed by atoms with Crippen LogP contribution in [0, 0.1) is 0 Å². The van der Waals surface area contributed by atoms with E-state index in [1.54, 1.807) is 24.4 Å². The van der Waals surface area contributed by atoms with Gasteiger partial charge < -0.3 is 19.2 Å². The lowest BCUT2D eigenvalue weighted by Crippen LogP contribution is -2.40. The largest absolute Gasteiger partial charge is 0.467 e. The van der Waals surface area contributed by atoms with Crippen LogP contribution in [0.4, 0.5) is 4.79 Å². The molecule has 2 amide bonds. The Bertz CT molecular complexity index is 780. The number of aromatic nitrogens is 2. The molecule has 24 heavy (non-hydrogen) atoms. The van der Waals surface area contributed by atoms with Gasteiger partial charge in [-0.05, 0) is 17.7 Å². The third kappa shape index (κ3) is 3.48. The second-order valence-electron chi connectivity index (χ2n) is 5.62. The molecule has 3 rings (SSSR count). The summed E-state index contributed by atoms with van der Waals surface area (Å²) in [6.45, 7) is 0.404. The normalized spacial score (nSPS) is 11.9. The average Bonchev–Trinajstić information content (AvgIpc) is 3.25. The van der Waals surface area contributed by atoms with Crippen LogP contribution in [0.5, 0.6) is 0 Å². The van der Waals surface area contributed by atoms with E-state index in [9.17, 15) is 4.79 Å². The standard InChI is InChI=1S/C18H20N4O2/c1-21-11-10-19-17(21)16(14-7-4-3-5-8-14)20-18(23)22(2)13-15-9-6-12-24-15/h3-12,16H,13H2,1-2H3,(H,20,23). The van der Waals surface area contributed by atoms with E-state index in [0.29, 0.717) is 6.54 Å². The Morgan fingerprint density at radius 2 is 2.08 bits per heavy atom. The molecule has 0 aliphatic heterocycles. The number of urea groups is 1. The number of imidazole rings is 1. The van der Waals surface area contributed by atoms with Crippen molar-refractivity contribution in [2.45, 2.75) is 12.6 Å². The van der Waals surface area contributed by atoms with Crippen LogP contribution in [-0.4, -0.2) is 27.5 Å². The fourth-order valence-corrected chi connectivity index (χ4v) is 2.54. The fourth-order valence-electron chi connectivity index (χ4n) is 2.54. The zero-order valence-electron chi connectivity index (χ0n) is 13.7. The van der Waals surface area contributed by atoms with Gasteiger partial charge in [-0.3, -0.25) is 0 Å². The Balaban J connectivity index is 1.79. The highest BCUT2D eigenvalue weighted by Gasteiger charge is 2.22. The number of amides is 2. The summed E-state index contributed by atoms with van der Waals surface area (Å²) in [5.74, 6) is 1.52. The zero-order chi connectivity index (χ0) is 16.9. The van der Waals surface area contributed by atoms with Crippen LogP contribution in [0.1, 0.15) is 23.2 Å². The van der Waals surface area contributed by atoms with E-state index in [1.807, 2.05) is 60.3 Å². The van der Waals surface area contributed by atoms with E-state index < -0.39 is 0 Å². The van der Waals surface area contributed by atoms with E-state index in [0.717, 1.165) is 17.1 Å². The minimum absolute atomic E-state index is 0.191. The van der Waals surface area contributed by atoms with E-state index in [-0.39, 0.29) is 12.1 Å². The van der Waals surface area contributed by atoms with Gasteiger partial charge in [-0.1, -0.05) is 30.3 Å². The Morgan fingerprint density at radius 1 is 1.29 bits per heavy atom. The van der Waals surface area contributed by atoms with Crippen LogP contribution in [0.2, 0.25) is 0 Å². The Hall–Kier alpha value is -3.02. The molecule has 1 unspecified atom stereocenters. The maximum absolute atomic E-state index is 12.6. The van der Waals surface area contributed by atoms with Crippen molar-refractivity contribution in [2.24, 2.45) is 7.05 Å². The number of carbonyl (C=O) groups excluding carboxylic acids is 1.